The Kier molecular flexibility index (Phi) is 3.15. The summed E-state index contributed by atoms with van der Waals surface area (Å²) in [6, 6.07) is 8.34. The van der Waals surface area contributed by atoms with Crippen molar-refractivity contribution in [3.8, 4) is 0 Å². The number of rotatable bonds is 3. The average molecular weight is 220 g/mol. The van der Waals surface area contributed by atoms with Crippen molar-refractivity contribution < 1.29 is 14.2 Å². The van der Waals surface area contributed by atoms with Crippen LogP contribution in [0.5, 0.6) is 0 Å². The molecule has 3 nitrogen and oxygen atoms in total. The Balaban J connectivity index is 2.24. The topological polar surface area (TPSA) is 27.7 Å². The molecule has 86 valence electrons. The molecule has 3 heteroatoms. The summed E-state index contributed by atoms with van der Waals surface area (Å²) in [6.45, 7) is 2.07. The van der Waals surface area contributed by atoms with E-state index in [1.165, 1.54) is 11.1 Å². The Morgan fingerprint density at radius 1 is 1.12 bits per heavy atom. The smallest absolute Gasteiger partial charge is 0.277 e. The van der Waals surface area contributed by atoms with Gasteiger partial charge in [0.1, 0.15) is 0 Å². The molecule has 0 radical (unpaired) electrons. The molecule has 0 fully saturated rings. The van der Waals surface area contributed by atoms with Crippen LogP contribution >= 0.6 is 0 Å². The summed E-state index contributed by atoms with van der Waals surface area (Å²) >= 11 is 0. The van der Waals surface area contributed by atoms with E-state index in [0.717, 1.165) is 0 Å². The molecule has 0 aromatic heterocycles. The maximum atomic E-state index is 5.47. The van der Waals surface area contributed by atoms with Gasteiger partial charge in [-0.05, 0) is 12.5 Å². The van der Waals surface area contributed by atoms with Crippen LogP contribution in [0.25, 0.3) is 0 Å². The van der Waals surface area contributed by atoms with Crippen LogP contribution < -0.4 is 0 Å². The fourth-order valence-corrected chi connectivity index (χ4v) is 1.81. The average Bonchev–Trinajstić information content (AvgIpc) is 2.73. The second kappa shape index (κ2) is 4.58. The summed E-state index contributed by atoms with van der Waals surface area (Å²) in [5.41, 5.74) is 2.41. The monoisotopic (exact) mass is 220 g/mol. The summed E-state index contributed by atoms with van der Waals surface area (Å²) in [6.07, 6.45) is 1.65. The quantitative estimate of drug-likeness (QED) is 0.783. The molecule has 0 saturated heterocycles. The lowest BCUT2D eigenvalue weighted by molar-refractivity contribution is -0.116. The minimum atomic E-state index is -0.294. The van der Waals surface area contributed by atoms with Gasteiger partial charge in [0.05, 0.1) is 13.0 Å². The number of aryl methyl sites for hydroxylation is 1. The SMILES string of the molecule is COC1=CC(c2ccc(C)cc2)C(OC)O1. The molecule has 0 aliphatic carbocycles. The maximum absolute atomic E-state index is 5.47. The minimum Gasteiger partial charge on any atom is -0.469 e. The Hall–Kier alpha value is -1.48. The zero-order chi connectivity index (χ0) is 11.5. The van der Waals surface area contributed by atoms with Crippen molar-refractivity contribution in [2.75, 3.05) is 14.2 Å². The van der Waals surface area contributed by atoms with Crippen LogP contribution in [0.3, 0.4) is 0 Å². The van der Waals surface area contributed by atoms with Gasteiger partial charge in [0, 0.05) is 13.2 Å². The predicted molar refractivity (Wildman–Crippen MR) is 60.9 cm³/mol. The molecule has 1 aromatic rings. The second-order valence-electron chi connectivity index (χ2n) is 3.85. The largest absolute Gasteiger partial charge is 0.469 e. The van der Waals surface area contributed by atoms with Gasteiger partial charge >= 0.3 is 0 Å². The van der Waals surface area contributed by atoms with E-state index in [0.29, 0.717) is 5.95 Å². The lowest BCUT2D eigenvalue weighted by Gasteiger charge is -2.17. The summed E-state index contributed by atoms with van der Waals surface area (Å²) in [7, 11) is 3.23. The standard InChI is InChI=1S/C13H16O3/c1-9-4-6-10(7-5-9)11-8-12(14-2)16-13(11)15-3/h4-8,11,13H,1-3H3. The van der Waals surface area contributed by atoms with Gasteiger partial charge in [-0.3, -0.25) is 0 Å². The zero-order valence-corrected chi connectivity index (χ0v) is 9.77. The van der Waals surface area contributed by atoms with E-state index in [1.54, 1.807) is 14.2 Å². The molecule has 2 rings (SSSR count). The highest BCUT2D eigenvalue weighted by Gasteiger charge is 2.31. The molecular weight excluding hydrogens is 204 g/mol. The molecule has 0 N–H and O–H groups in total. The Labute approximate surface area is 95.6 Å². The maximum Gasteiger partial charge on any atom is 0.277 e. The highest BCUT2D eigenvalue weighted by molar-refractivity contribution is 5.29. The van der Waals surface area contributed by atoms with Gasteiger partial charge in [-0.25, -0.2) is 0 Å². The molecular formula is C13H16O3. The molecule has 1 aromatic carbocycles. The summed E-state index contributed by atoms with van der Waals surface area (Å²) < 4.78 is 15.8. The van der Waals surface area contributed by atoms with E-state index in [-0.39, 0.29) is 12.2 Å². The fourth-order valence-electron chi connectivity index (χ4n) is 1.81. The van der Waals surface area contributed by atoms with Gasteiger partial charge in [0.15, 0.2) is 0 Å². The molecule has 0 amide bonds. The van der Waals surface area contributed by atoms with E-state index in [1.807, 2.05) is 6.08 Å². The van der Waals surface area contributed by atoms with Gasteiger partial charge in [-0.15, -0.1) is 0 Å². The van der Waals surface area contributed by atoms with Crippen LogP contribution in [0.4, 0.5) is 0 Å². The first-order valence-electron chi connectivity index (χ1n) is 5.26. The number of benzene rings is 1. The zero-order valence-electron chi connectivity index (χ0n) is 9.77. The van der Waals surface area contributed by atoms with Crippen molar-refractivity contribution in [1.82, 2.24) is 0 Å². The minimum absolute atomic E-state index is 0.0977. The van der Waals surface area contributed by atoms with E-state index in [2.05, 4.69) is 31.2 Å². The molecule has 0 bridgehead atoms. The molecule has 0 saturated carbocycles. The molecule has 2 atom stereocenters. The van der Waals surface area contributed by atoms with Crippen molar-refractivity contribution >= 4 is 0 Å². The fraction of sp³-hybridized carbons (Fsp3) is 0.385. The lowest BCUT2D eigenvalue weighted by Crippen LogP contribution is -2.17. The van der Waals surface area contributed by atoms with Gasteiger partial charge in [0.25, 0.3) is 5.95 Å². The summed E-state index contributed by atoms with van der Waals surface area (Å²) in [4.78, 5) is 0. The van der Waals surface area contributed by atoms with Crippen LogP contribution in [0.2, 0.25) is 0 Å². The summed E-state index contributed by atoms with van der Waals surface area (Å²) in [5.74, 6) is 0.623. The van der Waals surface area contributed by atoms with Crippen LogP contribution in [0, 0.1) is 6.92 Å². The Morgan fingerprint density at radius 3 is 2.38 bits per heavy atom. The molecule has 1 aliphatic rings. The lowest BCUT2D eigenvalue weighted by atomic mass is 9.98. The van der Waals surface area contributed by atoms with Gasteiger partial charge in [-0.2, -0.15) is 0 Å². The van der Waals surface area contributed by atoms with Gasteiger partial charge in [0.2, 0.25) is 6.29 Å². The van der Waals surface area contributed by atoms with E-state index >= 15 is 0 Å². The summed E-state index contributed by atoms with van der Waals surface area (Å²) in [5, 5.41) is 0. The van der Waals surface area contributed by atoms with Crippen molar-refractivity contribution in [3.05, 3.63) is 47.4 Å². The third-order valence-corrected chi connectivity index (χ3v) is 2.74. The first-order chi connectivity index (χ1) is 7.74. The van der Waals surface area contributed by atoms with Crippen LogP contribution in [0.15, 0.2) is 36.3 Å². The molecule has 0 spiro atoms. The molecule has 1 heterocycles. The van der Waals surface area contributed by atoms with Crippen LogP contribution in [0.1, 0.15) is 17.0 Å². The first-order valence-corrected chi connectivity index (χ1v) is 5.26. The predicted octanol–water partition coefficient (Wildman–Crippen LogP) is 2.57. The Bertz CT molecular complexity index is 381. The molecule has 1 aliphatic heterocycles. The van der Waals surface area contributed by atoms with Crippen LogP contribution in [-0.2, 0) is 14.2 Å². The van der Waals surface area contributed by atoms with Crippen molar-refractivity contribution in [2.45, 2.75) is 19.1 Å². The third-order valence-electron chi connectivity index (χ3n) is 2.74. The van der Waals surface area contributed by atoms with Crippen LogP contribution in [-0.4, -0.2) is 20.5 Å². The van der Waals surface area contributed by atoms with E-state index in [4.69, 9.17) is 14.2 Å². The molecule has 2 unspecified atom stereocenters. The van der Waals surface area contributed by atoms with Gasteiger partial charge in [-0.1, -0.05) is 29.8 Å². The molecule has 16 heavy (non-hydrogen) atoms. The number of ether oxygens (including phenoxy) is 3. The van der Waals surface area contributed by atoms with Crippen molar-refractivity contribution in [1.29, 1.82) is 0 Å². The first kappa shape index (κ1) is 11.0. The van der Waals surface area contributed by atoms with Crippen molar-refractivity contribution in [2.24, 2.45) is 0 Å². The second-order valence-corrected chi connectivity index (χ2v) is 3.85. The third kappa shape index (κ3) is 2.04. The van der Waals surface area contributed by atoms with E-state index in [9.17, 15) is 0 Å². The number of hydrogen-bond acceptors (Lipinski definition) is 3. The number of hydrogen-bond donors (Lipinski definition) is 0. The van der Waals surface area contributed by atoms with E-state index < -0.39 is 0 Å². The van der Waals surface area contributed by atoms with Gasteiger partial charge < -0.3 is 14.2 Å². The van der Waals surface area contributed by atoms with Crippen molar-refractivity contribution in [3.63, 3.8) is 0 Å². The Morgan fingerprint density at radius 2 is 1.81 bits per heavy atom. The normalized spacial score (nSPS) is 23.8. The highest BCUT2D eigenvalue weighted by atomic mass is 16.8. The highest BCUT2D eigenvalue weighted by Crippen LogP contribution is 2.32. The number of methoxy groups -OCH3 is 2.